The maximum absolute atomic E-state index is 6.00. The van der Waals surface area contributed by atoms with Gasteiger partial charge in [-0.05, 0) is 31.0 Å². The van der Waals surface area contributed by atoms with Crippen LogP contribution in [-0.2, 0) is 6.54 Å². The Morgan fingerprint density at radius 2 is 2.08 bits per heavy atom. The van der Waals surface area contributed by atoms with Crippen LogP contribution in [0.5, 0.6) is 5.75 Å². The van der Waals surface area contributed by atoms with E-state index >= 15 is 0 Å². The van der Waals surface area contributed by atoms with Crippen molar-refractivity contribution in [2.75, 3.05) is 7.11 Å². The second kappa shape index (κ2) is 3.99. The summed E-state index contributed by atoms with van der Waals surface area (Å²) < 4.78 is 5.19. The van der Waals surface area contributed by atoms with Gasteiger partial charge >= 0.3 is 0 Å². The third kappa shape index (κ3) is 1.79. The average Bonchev–Trinajstić information content (AvgIpc) is 2.10. The maximum Gasteiger partial charge on any atom is 0.142 e. The van der Waals surface area contributed by atoms with Crippen LogP contribution in [0.2, 0.25) is 5.02 Å². The van der Waals surface area contributed by atoms with E-state index in [-0.39, 0.29) is 0 Å². The van der Waals surface area contributed by atoms with Crippen molar-refractivity contribution in [2.24, 2.45) is 5.73 Å². The van der Waals surface area contributed by atoms with Gasteiger partial charge in [-0.25, -0.2) is 0 Å². The first kappa shape index (κ1) is 10.4. The Labute approximate surface area is 83.6 Å². The van der Waals surface area contributed by atoms with Gasteiger partial charge in [-0.3, -0.25) is 0 Å². The molecule has 0 saturated heterocycles. The fraction of sp³-hybridized carbons (Fsp3) is 0.400. The lowest BCUT2D eigenvalue weighted by molar-refractivity contribution is 0.409. The molecule has 0 aliphatic carbocycles. The van der Waals surface area contributed by atoms with E-state index in [9.17, 15) is 0 Å². The average molecular weight is 200 g/mol. The van der Waals surface area contributed by atoms with Gasteiger partial charge in [0.2, 0.25) is 0 Å². The lowest BCUT2D eigenvalue weighted by atomic mass is 10.0. The van der Waals surface area contributed by atoms with Crippen LogP contribution in [0.4, 0.5) is 0 Å². The SMILES string of the molecule is COc1c(Cl)cc(C)c(C)c1CN. The molecule has 0 saturated carbocycles. The van der Waals surface area contributed by atoms with Crippen LogP contribution in [0, 0.1) is 13.8 Å². The Bertz CT molecular complexity index is 323. The van der Waals surface area contributed by atoms with Gasteiger partial charge in [0, 0.05) is 12.1 Å². The van der Waals surface area contributed by atoms with Crippen molar-refractivity contribution >= 4 is 11.6 Å². The molecule has 0 fully saturated rings. The van der Waals surface area contributed by atoms with Crippen LogP contribution in [0.15, 0.2) is 6.07 Å². The molecular formula is C10H14ClNO. The molecule has 0 unspecified atom stereocenters. The highest BCUT2D eigenvalue weighted by atomic mass is 35.5. The number of methoxy groups -OCH3 is 1. The molecule has 0 atom stereocenters. The van der Waals surface area contributed by atoms with Gasteiger partial charge in [0.25, 0.3) is 0 Å². The molecular weight excluding hydrogens is 186 g/mol. The molecule has 2 nitrogen and oxygen atoms in total. The van der Waals surface area contributed by atoms with E-state index in [1.807, 2.05) is 19.9 Å². The van der Waals surface area contributed by atoms with Crippen molar-refractivity contribution in [1.82, 2.24) is 0 Å². The number of benzene rings is 1. The molecule has 13 heavy (non-hydrogen) atoms. The van der Waals surface area contributed by atoms with Gasteiger partial charge in [0.15, 0.2) is 0 Å². The second-order valence-corrected chi connectivity index (χ2v) is 3.42. The zero-order valence-corrected chi connectivity index (χ0v) is 8.90. The first-order chi connectivity index (χ1) is 6.11. The molecule has 0 aliphatic heterocycles. The van der Waals surface area contributed by atoms with Crippen LogP contribution in [0.25, 0.3) is 0 Å². The molecule has 72 valence electrons. The van der Waals surface area contributed by atoms with Crippen molar-refractivity contribution in [3.05, 3.63) is 27.8 Å². The molecule has 0 spiro atoms. The summed E-state index contributed by atoms with van der Waals surface area (Å²) in [5.41, 5.74) is 8.92. The monoisotopic (exact) mass is 199 g/mol. The Kier molecular flexibility index (Phi) is 3.17. The van der Waals surface area contributed by atoms with Crippen molar-refractivity contribution < 1.29 is 4.74 Å². The molecule has 0 radical (unpaired) electrons. The Balaban J connectivity index is 3.41. The number of hydrogen-bond acceptors (Lipinski definition) is 2. The zero-order valence-electron chi connectivity index (χ0n) is 8.15. The van der Waals surface area contributed by atoms with E-state index < -0.39 is 0 Å². The van der Waals surface area contributed by atoms with Crippen LogP contribution < -0.4 is 10.5 Å². The lowest BCUT2D eigenvalue weighted by Crippen LogP contribution is -2.04. The van der Waals surface area contributed by atoms with Gasteiger partial charge < -0.3 is 10.5 Å². The Morgan fingerprint density at radius 3 is 2.54 bits per heavy atom. The molecule has 0 bridgehead atoms. The van der Waals surface area contributed by atoms with Crippen molar-refractivity contribution in [2.45, 2.75) is 20.4 Å². The molecule has 1 aromatic rings. The Hall–Kier alpha value is -0.730. The summed E-state index contributed by atoms with van der Waals surface area (Å²) in [6.45, 7) is 4.49. The van der Waals surface area contributed by atoms with Gasteiger partial charge in [-0.2, -0.15) is 0 Å². The van der Waals surface area contributed by atoms with E-state index in [1.165, 1.54) is 0 Å². The quantitative estimate of drug-likeness (QED) is 0.794. The number of hydrogen-bond donors (Lipinski definition) is 1. The number of aryl methyl sites for hydroxylation is 1. The van der Waals surface area contributed by atoms with Gasteiger partial charge in [0.05, 0.1) is 12.1 Å². The third-order valence-corrected chi connectivity index (χ3v) is 2.57. The minimum absolute atomic E-state index is 0.455. The maximum atomic E-state index is 6.00. The summed E-state index contributed by atoms with van der Waals surface area (Å²) in [5.74, 6) is 0.701. The molecule has 2 N–H and O–H groups in total. The molecule has 0 aliphatic rings. The minimum Gasteiger partial charge on any atom is -0.495 e. The number of halogens is 1. The largest absolute Gasteiger partial charge is 0.495 e. The van der Waals surface area contributed by atoms with Crippen LogP contribution >= 0.6 is 11.6 Å². The highest BCUT2D eigenvalue weighted by molar-refractivity contribution is 6.32. The predicted octanol–water partition coefficient (Wildman–Crippen LogP) is 2.42. The third-order valence-electron chi connectivity index (χ3n) is 2.29. The summed E-state index contributed by atoms with van der Waals surface area (Å²) >= 11 is 6.00. The van der Waals surface area contributed by atoms with Gasteiger partial charge in [-0.15, -0.1) is 0 Å². The summed E-state index contributed by atoms with van der Waals surface area (Å²) in [6, 6.07) is 1.90. The van der Waals surface area contributed by atoms with Gasteiger partial charge in [-0.1, -0.05) is 11.6 Å². The molecule has 0 amide bonds. The predicted molar refractivity (Wildman–Crippen MR) is 55.4 cm³/mol. The fourth-order valence-corrected chi connectivity index (χ4v) is 1.74. The van der Waals surface area contributed by atoms with E-state index in [0.717, 1.165) is 16.7 Å². The van der Waals surface area contributed by atoms with E-state index in [2.05, 4.69) is 0 Å². The molecule has 0 heterocycles. The van der Waals surface area contributed by atoms with Gasteiger partial charge in [0.1, 0.15) is 5.75 Å². The highest BCUT2D eigenvalue weighted by Gasteiger charge is 2.11. The zero-order chi connectivity index (χ0) is 10.0. The molecule has 1 rings (SSSR count). The summed E-state index contributed by atoms with van der Waals surface area (Å²) in [6.07, 6.45) is 0. The number of nitrogens with two attached hydrogens (primary N) is 1. The summed E-state index contributed by atoms with van der Waals surface area (Å²) in [4.78, 5) is 0. The van der Waals surface area contributed by atoms with Crippen molar-refractivity contribution in [1.29, 1.82) is 0 Å². The minimum atomic E-state index is 0.455. The first-order valence-electron chi connectivity index (χ1n) is 4.14. The Morgan fingerprint density at radius 1 is 1.46 bits per heavy atom. The molecule has 1 aromatic carbocycles. The summed E-state index contributed by atoms with van der Waals surface area (Å²) in [7, 11) is 1.61. The molecule has 0 aromatic heterocycles. The number of rotatable bonds is 2. The van der Waals surface area contributed by atoms with Crippen LogP contribution in [0.1, 0.15) is 16.7 Å². The van der Waals surface area contributed by atoms with E-state index in [0.29, 0.717) is 17.3 Å². The smallest absolute Gasteiger partial charge is 0.142 e. The van der Waals surface area contributed by atoms with Crippen LogP contribution in [0.3, 0.4) is 0 Å². The van der Waals surface area contributed by atoms with Crippen LogP contribution in [-0.4, -0.2) is 7.11 Å². The standard InChI is InChI=1S/C10H14ClNO/c1-6-4-9(11)10(13-3)8(5-12)7(6)2/h4H,5,12H2,1-3H3. The van der Waals surface area contributed by atoms with E-state index in [1.54, 1.807) is 7.11 Å². The number of ether oxygens (including phenoxy) is 1. The normalized spacial score (nSPS) is 10.2. The highest BCUT2D eigenvalue weighted by Crippen LogP contribution is 2.32. The fourth-order valence-electron chi connectivity index (χ4n) is 1.38. The topological polar surface area (TPSA) is 35.2 Å². The van der Waals surface area contributed by atoms with Crippen molar-refractivity contribution in [3.8, 4) is 5.75 Å². The van der Waals surface area contributed by atoms with E-state index in [4.69, 9.17) is 22.1 Å². The lowest BCUT2D eigenvalue weighted by Gasteiger charge is -2.13. The van der Waals surface area contributed by atoms with Crippen molar-refractivity contribution in [3.63, 3.8) is 0 Å². The first-order valence-corrected chi connectivity index (χ1v) is 4.52. The second-order valence-electron chi connectivity index (χ2n) is 3.02. The summed E-state index contributed by atoms with van der Waals surface area (Å²) in [5, 5.41) is 0.631. The molecule has 3 heteroatoms.